The fourth-order valence-corrected chi connectivity index (χ4v) is 7.88. The number of benzene rings is 3. The molecule has 13 heteroatoms. The molecule has 0 spiro atoms. The third-order valence-electron chi connectivity index (χ3n) is 11.1. The molecule has 1 aliphatic heterocycles. The number of hydrogen-bond acceptors (Lipinski definition) is 8. The van der Waals surface area contributed by atoms with E-state index in [0.29, 0.717) is 34.5 Å². The summed E-state index contributed by atoms with van der Waals surface area (Å²) in [6.07, 6.45) is 0.541. The van der Waals surface area contributed by atoms with Crippen LogP contribution in [0, 0.1) is 11.3 Å². The number of ether oxygens (including phenoxy) is 2. The SMILES string of the molecule is C=CC1CC1(NC(=O)[C@@H]1C[C@@H](Oc2cc(-c3ccccc3)nc3cc(OC)ccc23)CN1C(=O)N[C@H](C(=O)N[C@H]1c2ccccc2C[C@H]1O)C(C)(C)C)C(=O)O. The molecule has 4 aromatic rings. The highest BCUT2D eigenvalue weighted by molar-refractivity contribution is 5.96. The van der Waals surface area contributed by atoms with E-state index in [-0.39, 0.29) is 19.4 Å². The molecule has 7 atom stereocenters. The van der Waals surface area contributed by atoms with E-state index in [1.807, 2.05) is 87.5 Å². The number of aromatic nitrogens is 1. The van der Waals surface area contributed by atoms with Gasteiger partial charge in [-0.2, -0.15) is 0 Å². The Bertz CT molecular complexity index is 2190. The van der Waals surface area contributed by atoms with E-state index in [9.17, 15) is 29.4 Å². The molecule has 1 saturated heterocycles. The van der Waals surface area contributed by atoms with E-state index >= 15 is 0 Å². The van der Waals surface area contributed by atoms with Crippen molar-refractivity contribution in [2.24, 2.45) is 11.3 Å². The first kappa shape index (κ1) is 38.3. The van der Waals surface area contributed by atoms with Gasteiger partial charge in [0, 0.05) is 41.8 Å². The highest BCUT2D eigenvalue weighted by atomic mass is 16.5. The molecule has 56 heavy (non-hydrogen) atoms. The van der Waals surface area contributed by atoms with E-state index < -0.39 is 71.0 Å². The van der Waals surface area contributed by atoms with E-state index in [1.165, 1.54) is 11.0 Å². The van der Waals surface area contributed by atoms with Crippen LogP contribution in [0.15, 0.2) is 91.5 Å². The van der Waals surface area contributed by atoms with Gasteiger partial charge in [0.1, 0.15) is 35.2 Å². The zero-order chi connectivity index (χ0) is 39.9. The quantitative estimate of drug-likeness (QED) is 0.135. The first-order valence-electron chi connectivity index (χ1n) is 18.7. The van der Waals surface area contributed by atoms with Crippen molar-refractivity contribution in [3.8, 4) is 22.8 Å². The number of aliphatic hydroxyl groups is 1. The number of likely N-dealkylation sites (tertiary alicyclic amines) is 1. The Kier molecular flexibility index (Phi) is 10.2. The molecule has 2 aliphatic carbocycles. The largest absolute Gasteiger partial charge is 0.497 e. The van der Waals surface area contributed by atoms with Crippen LogP contribution in [0.4, 0.5) is 4.79 Å². The lowest BCUT2D eigenvalue weighted by Crippen LogP contribution is -2.60. The summed E-state index contributed by atoms with van der Waals surface area (Å²) in [6.45, 7) is 9.10. The number of carboxylic acid groups (broad SMARTS) is 1. The zero-order valence-corrected chi connectivity index (χ0v) is 31.8. The molecule has 3 aromatic carbocycles. The van der Waals surface area contributed by atoms with E-state index in [1.54, 1.807) is 19.2 Å². The number of amides is 4. The van der Waals surface area contributed by atoms with Gasteiger partial charge < -0.3 is 40.5 Å². The number of rotatable bonds is 11. The van der Waals surface area contributed by atoms with Crippen LogP contribution in [0.2, 0.25) is 0 Å². The van der Waals surface area contributed by atoms with Gasteiger partial charge in [0.25, 0.3) is 0 Å². The van der Waals surface area contributed by atoms with Gasteiger partial charge in [0.15, 0.2) is 0 Å². The summed E-state index contributed by atoms with van der Waals surface area (Å²) >= 11 is 0. The molecule has 3 aliphatic rings. The molecular formula is C43H47N5O8. The van der Waals surface area contributed by atoms with Crippen molar-refractivity contribution in [3.05, 3.63) is 103 Å². The fraction of sp³-hybridized carbons (Fsp3) is 0.372. The molecule has 1 saturated carbocycles. The van der Waals surface area contributed by atoms with Gasteiger partial charge in [-0.1, -0.05) is 81.4 Å². The van der Waals surface area contributed by atoms with Crippen LogP contribution < -0.4 is 25.4 Å². The summed E-state index contributed by atoms with van der Waals surface area (Å²) in [5.41, 5.74) is 1.54. The summed E-state index contributed by atoms with van der Waals surface area (Å²) in [4.78, 5) is 61.0. The summed E-state index contributed by atoms with van der Waals surface area (Å²) in [6, 6.07) is 20.7. The predicted molar refractivity (Wildman–Crippen MR) is 209 cm³/mol. The van der Waals surface area contributed by atoms with Gasteiger partial charge >= 0.3 is 12.0 Å². The molecule has 0 bridgehead atoms. The monoisotopic (exact) mass is 761 g/mol. The molecule has 4 amide bonds. The van der Waals surface area contributed by atoms with Crippen molar-refractivity contribution in [1.29, 1.82) is 0 Å². The Morgan fingerprint density at radius 2 is 1.77 bits per heavy atom. The average molecular weight is 762 g/mol. The van der Waals surface area contributed by atoms with Crippen molar-refractivity contribution in [2.45, 2.75) is 75.9 Å². The van der Waals surface area contributed by atoms with Crippen LogP contribution in [0.1, 0.15) is 50.8 Å². The minimum absolute atomic E-state index is 0.0335. The molecule has 0 radical (unpaired) electrons. The van der Waals surface area contributed by atoms with E-state index in [0.717, 1.165) is 16.7 Å². The fourth-order valence-electron chi connectivity index (χ4n) is 7.88. The maximum Gasteiger partial charge on any atom is 0.330 e. The van der Waals surface area contributed by atoms with E-state index in [4.69, 9.17) is 14.5 Å². The van der Waals surface area contributed by atoms with Gasteiger partial charge in [0.05, 0.1) is 37.0 Å². The number of aliphatic hydroxyl groups excluding tert-OH is 1. The minimum Gasteiger partial charge on any atom is -0.497 e. The first-order chi connectivity index (χ1) is 26.7. The summed E-state index contributed by atoms with van der Waals surface area (Å²) in [5, 5.41) is 30.2. The number of nitrogens with zero attached hydrogens (tertiary/aromatic N) is 2. The second-order valence-corrected chi connectivity index (χ2v) is 15.9. The lowest BCUT2D eigenvalue weighted by Gasteiger charge is -2.34. The smallest absolute Gasteiger partial charge is 0.330 e. The Labute approximate surface area is 325 Å². The molecule has 1 aromatic heterocycles. The van der Waals surface area contributed by atoms with Crippen molar-refractivity contribution >= 4 is 34.7 Å². The van der Waals surface area contributed by atoms with Gasteiger partial charge in [-0.3, -0.25) is 9.59 Å². The highest BCUT2D eigenvalue weighted by Crippen LogP contribution is 2.45. The molecule has 2 unspecified atom stereocenters. The number of urea groups is 1. The molecular weight excluding hydrogens is 714 g/mol. The van der Waals surface area contributed by atoms with Crippen LogP contribution >= 0.6 is 0 Å². The zero-order valence-electron chi connectivity index (χ0n) is 31.8. The third-order valence-corrected chi connectivity index (χ3v) is 11.1. The van der Waals surface area contributed by atoms with Gasteiger partial charge in [-0.05, 0) is 35.1 Å². The number of nitrogens with one attached hydrogen (secondary N) is 3. The van der Waals surface area contributed by atoms with Crippen molar-refractivity contribution < 1.29 is 38.9 Å². The molecule has 5 N–H and O–H groups in total. The second-order valence-electron chi connectivity index (χ2n) is 15.9. The molecule has 13 nitrogen and oxygen atoms in total. The topological polar surface area (TPSA) is 179 Å². The summed E-state index contributed by atoms with van der Waals surface area (Å²) in [7, 11) is 1.57. The molecule has 2 heterocycles. The number of hydrogen-bond donors (Lipinski definition) is 5. The normalized spacial score (nSPS) is 24.4. The van der Waals surface area contributed by atoms with E-state index in [2.05, 4.69) is 22.5 Å². The van der Waals surface area contributed by atoms with Gasteiger partial charge in [-0.15, -0.1) is 6.58 Å². The standard InChI is InChI=1S/C43H47N5O8/c1-6-26-22-43(26,40(52)53)47-38(50)33-20-28(56-35-21-31(24-12-8-7-9-13-24)44-32-19-27(55-5)16-17-30(32)35)23-48(33)41(54)46-37(42(2,3)4)39(51)45-36-29-15-11-10-14-25(29)18-34(36)49/h6-17,19,21,26,28,33-34,36-37,49H,1,18,20,22-23H2,2-5H3,(H,45,51)(H,46,54)(H,47,50)(H,52,53)/t26?,28-,33+,34-,36+,37-,43?/m1/s1. The van der Waals surface area contributed by atoms with Crippen LogP contribution in [-0.2, 0) is 20.8 Å². The average Bonchev–Trinajstić information content (AvgIpc) is 3.59. The number of carboxylic acids is 1. The van der Waals surface area contributed by atoms with Crippen LogP contribution in [0.5, 0.6) is 11.5 Å². The van der Waals surface area contributed by atoms with Crippen LogP contribution in [0.25, 0.3) is 22.2 Å². The lowest BCUT2D eigenvalue weighted by atomic mass is 9.86. The Balaban J connectivity index is 1.18. The summed E-state index contributed by atoms with van der Waals surface area (Å²) < 4.78 is 12.1. The first-order valence-corrected chi connectivity index (χ1v) is 18.7. The number of carbonyl (C=O) groups excluding carboxylic acids is 3. The number of pyridine rings is 1. The molecule has 2 fully saturated rings. The van der Waals surface area contributed by atoms with Crippen molar-refractivity contribution in [1.82, 2.24) is 25.8 Å². The Morgan fingerprint density at radius 1 is 1.04 bits per heavy atom. The summed E-state index contributed by atoms with van der Waals surface area (Å²) in [5.74, 6) is -1.73. The lowest BCUT2D eigenvalue weighted by molar-refractivity contribution is -0.144. The van der Waals surface area contributed by atoms with Crippen molar-refractivity contribution in [3.63, 3.8) is 0 Å². The minimum atomic E-state index is -1.53. The van der Waals surface area contributed by atoms with Gasteiger partial charge in [-0.25, -0.2) is 14.6 Å². The highest BCUT2D eigenvalue weighted by Gasteiger charge is 2.61. The number of carbonyl (C=O) groups is 4. The second kappa shape index (κ2) is 14.9. The number of fused-ring (bicyclic) bond motifs is 2. The Morgan fingerprint density at radius 3 is 2.45 bits per heavy atom. The number of methoxy groups -OCH3 is 1. The predicted octanol–water partition coefficient (Wildman–Crippen LogP) is 4.78. The molecule has 292 valence electrons. The molecule has 7 rings (SSSR count). The van der Waals surface area contributed by atoms with Gasteiger partial charge in [0.2, 0.25) is 11.8 Å². The third kappa shape index (κ3) is 7.38. The maximum absolute atomic E-state index is 14.4. The van der Waals surface area contributed by atoms with Crippen molar-refractivity contribution in [2.75, 3.05) is 13.7 Å². The maximum atomic E-state index is 14.4. The number of aliphatic carboxylic acids is 1. The van der Waals surface area contributed by atoms with Crippen LogP contribution in [0.3, 0.4) is 0 Å². The Hall–Kier alpha value is -5.95. The van der Waals surface area contributed by atoms with Crippen LogP contribution in [-0.4, -0.2) is 87.4 Å².